The van der Waals surface area contributed by atoms with E-state index in [2.05, 4.69) is 53.9 Å². The monoisotopic (exact) mass is 279 g/mol. The van der Waals surface area contributed by atoms with E-state index < -0.39 is 0 Å². The van der Waals surface area contributed by atoms with E-state index in [1.165, 1.54) is 16.7 Å². The fraction of sp³-hybridized carbons (Fsp3) is 0.250. The number of nitrogens with zero attached hydrogens (tertiary/aromatic N) is 2. The van der Waals surface area contributed by atoms with Gasteiger partial charge in [0.15, 0.2) is 0 Å². The number of nitrogen functional groups attached to an aromatic ring is 1. The summed E-state index contributed by atoms with van der Waals surface area (Å²) in [5.74, 6) is 0.520. The minimum atomic E-state index is 0.520. The van der Waals surface area contributed by atoms with Crippen LogP contribution in [0, 0.1) is 20.8 Å². The molecule has 16 heavy (non-hydrogen) atoms. The van der Waals surface area contributed by atoms with Crippen LogP contribution in [0.25, 0.3) is 5.69 Å². The predicted octanol–water partition coefficient (Wildman–Crippen LogP) is 3.14. The summed E-state index contributed by atoms with van der Waals surface area (Å²) in [5, 5.41) is 4.28. The molecule has 0 fully saturated rings. The molecule has 1 heterocycles. The number of aryl methyl sites for hydroxylation is 3. The Morgan fingerprint density at radius 3 is 2.12 bits per heavy atom. The third-order valence-electron chi connectivity index (χ3n) is 2.53. The average Bonchev–Trinajstić information content (AvgIpc) is 2.43. The molecule has 0 aliphatic rings. The first kappa shape index (κ1) is 11.2. The Bertz CT molecular complexity index is 520. The molecular formula is C12H14BrN3. The fourth-order valence-electron chi connectivity index (χ4n) is 2.04. The van der Waals surface area contributed by atoms with Crippen LogP contribution in [0.4, 0.5) is 5.82 Å². The second kappa shape index (κ2) is 3.94. The van der Waals surface area contributed by atoms with Crippen LogP contribution in [0.2, 0.25) is 0 Å². The van der Waals surface area contributed by atoms with Gasteiger partial charge in [-0.25, -0.2) is 4.68 Å². The Morgan fingerprint density at radius 2 is 1.69 bits per heavy atom. The Morgan fingerprint density at radius 1 is 1.12 bits per heavy atom. The molecule has 4 heteroatoms. The third kappa shape index (κ3) is 1.85. The lowest BCUT2D eigenvalue weighted by Gasteiger charge is -2.12. The minimum Gasteiger partial charge on any atom is -0.382 e. The van der Waals surface area contributed by atoms with Crippen LogP contribution in [0.15, 0.2) is 22.8 Å². The Kier molecular flexibility index (Phi) is 2.76. The molecule has 3 nitrogen and oxygen atoms in total. The van der Waals surface area contributed by atoms with Crippen molar-refractivity contribution >= 4 is 21.7 Å². The molecule has 0 bridgehead atoms. The van der Waals surface area contributed by atoms with Gasteiger partial charge in [-0.15, -0.1) is 5.10 Å². The van der Waals surface area contributed by atoms with Crippen LogP contribution < -0.4 is 5.73 Å². The first-order chi connectivity index (χ1) is 7.49. The molecular weight excluding hydrogens is 266 g/mol. The van der Waals surface area contributed by atoms with Crippen LogP contribution in [0.1, 0.15) is 16.7 Å². The Balaban J connectivity index is 2.69. The van der Waals surface area contributed by atoms with Gasteiger partial charge in [-0.2, -0.15) is 0 Å². The van der Waals surface area contributed by atoms with Crippen LogP contribution in [0.3, 0.4) is 0 Å². The zero-order valence-electron chi connectivity index (χ0n) is 9.58. The summed E-state index contributed by atoms with van der Waals surface area (Å²) in [6.45, 7) is 6.26. The van der Waals surface area contributed by atoms with Crippen molar-refractivity contribution in [2.45, 2.75) is 20.8 Å². The Hall–Kier alpha value is -1.29. The summed E-state index contributed by atoms with van der Waals surface area (Å²) in [6.07, 6.45) is 0. The van der Waals surface area contributed by atoms with Crippen LogP contribution in [0.5, 0.6) is 0 Å². The van der Waals surface area contributed by atoms with Crippen molar-refractivity contribution in [1.29, 1.82) is 0 Å². The minimum absolute atomic E-state index is 0.520. The van der Waals surface area contributed by atoms with Gasteiger partial charge in [-0.05, 0) is 47.8 Å². The lowest BCUT2D eigenvalue weighted by molar-refractivity contribution is 0.850. The Labute approximate surface area is 103 Å². The molecule has 0 unspecified atom stereocenters. The zero-order valence-corrected chi connectivity index (χ0v) is 11.2. The van der Waals surface area contributed by atoms with E-state index in [1.807, 2.05) is 4.68 Å². The van der Waals surface area contributed by atoms with Crippen LogP contribution in [-0.2, 0) is 0 Å². The maximum Gasteiger partial charge on any atom is 0.147 e. The van der Waals surface area contributed by atoms with Gasteiger partial charge < -0.3 is 5.73 Å². The van der Waals surface area contributed by atoms with E-state index in [0.29, 0.717) is 5.82 Å². The maximum absolute atomic E-state index is 5.68. The van der Waals surface area contributed by atoms with E-state index in [9.17, 15) is 0 Å². The summed E-state index contributed by atoms with van der Waals surface area (Å²) in [7, 11) is 0. The molecule has 0 spiro atoms. The second-order valence-corrected chi connectivity index (χ2v) is 4.86. The number of aromatic nitrogens is 2. The summed E-state index contributed by atoms with van der Waals surface area (Å²) in [4.78, 5) is 0. The largest absolute Gasteiger partial charge is 0.382 e. The topological polar surface area (TPSA) is 43.8 Å². The third-order valence-corrected chi connectivity index (χ3v) is 3.10. The molecule has 0 radical (unpaired) electrons. The van der Waals surface area contributed by atoms with E-state index >= 15 is 0 Å². The highest BCUT2D eigenvalue weighted by atomic mass is 79.9. The van der Waals surface area contributed by atoms with E-state index in [-0.39, 0.29) is 0 Å². The van der Waals surface area contributed by atoms with Gasteiger partial charge in [0.1, 0.15) is 10.4 Å². The fourth-order valence-corrected chi connectivity index (χ4v) is 2.53. The van der Waals surface area contributed by atoms with Crippen molar-refractivity contribution < 1.29 is 0 Å². The molecule has 0 saturated heterocycles. The molecule has 1 aromatic heterocycles. The van der Waals surface area contributed by atoms with E-state index in [0.717, 1.165) is 10.3 Å². The van der Waals surface area contributed by atoms with E-state index in [4.69, 9.17) is 5.73 Å². The number of hydrogen-bond donors (Lipinski definition) is 1. The molecule has 84 valence electrons. The highest BCUT2D eigenvalue weighted by Gasteiger charge is 2.11. The number of anilines is 1. The molecule has 0 saturated carbocycles. The maximum atomic E-state index is 5.68. The summed E-state index contributed by atoms with van der Waals surface area (Å²) >= 11 is 3.46. The van der Waals surface area contributed by atoms with Gasteiger partial charge in [0.25, 0.3) is 0 Å². The normalized spacial score (nSPS) is 10.8. The predicted molar refractivity (Wildman–Crippen MR) is 69.9 cm³/mol. The van der Waals surface area contributed by atoms with Crippen molar-refractivity contribution in [2.24, 2.45) is 0 Å². The molecule has 2 aromatic rings. The molecule has 1 aromatic carbocycles. The number of halogens is 1. The smallest absolute Gasteiger partial charge is 0.147 e. The van der Waals surface area contributed by atoms with Crippen LogP contribution >= 0.6 is 15.9 Å². The van der Waals surface area contributed by atoms with Gasteiger partial charge in [0.05, 0.1) is 5.69 Å². The first-order valence-corrected chi connectivity index (χ1v) is 5.87. The summed E-state index contributed by atoms with van der Waals surface area (Å²) in [5.41, 5.74) is 10.4. The average molecular weight is 280 g/mol. The van der Waals surface area contributed by atoms with Gasteiger partial charge in [0, 0.05) is 6.07 Å². The molecule has 0 aliphatic heterocycles. The van der Waals surface area contributed by atoms with Gasteiger partial charge in [-0.3, -0.25) is 0 Å². The first-order valence-electron chi connectivity index (χ1n) is 5.08. The number of hydrogen-bond acceptors (Lipinski definition) is 2. The molecule has 0 amide bonds. The number of benzene rings is 1. The van der Waals surface area contributed by atoms with Crippen molar-refractivity contribution in [3.8, 4) is 5.69 Å². The lowest BCUT2D eigenvalue weighted by Crippen LogP contribution is -2.03. The van der Waals surface area contributed by atoms with Crippen molar-refractivity contribution in [3.05, 3.63) is 39.5 Å². The van der Waals surface area contributed by atoms with Crippen molar-refractivity contribution in [1.82, 2.24) is 9.78 Å². The molecule has 2 rings (SSSR count). The number of rotatable bonds is 1. The van der Waals surface area contributed by atoms with Gasteiger partial charge >= 0.3 is 0 Å². The molecule has 0 aliphatic carbocycles. The number of nitrogens with two attached hydrogens (primary N) is 1. The summed E-state index contributed by atoms with van der Waals surface area (Å²) < 4.78 is 2.71. The highest BCUT2D eigenvalue weighted by molar-refractivity contribution is 9.10. The van der Waals surface area contributed by atoms with Gasteiger partial charge in [0.2, 0.25) is 0 Å². The standard InChI is InChI=1S/C12H14BrN3/c1-7-4-8(2)12(9(3)5-7)16-10(13)6-11(14)15-16/h4-6H,1-3H3,(H2,14,15). The molecule has 2 N–H and O–H groups in total. The van der Waals surface area contributed by atoms with Gasteiger partial charge in [-0.1, -0.05) is 17.7 Å². The van der Waals surface area contributed by atoms with E-state index in [1.54, 1.807) is 6.07 Å². The van der Waals surface area contributed by atoms with Crippen molar-refractivity contribution in [2.75, 3.05) is 5.73 Å². The quantitative estimate of drug-likeness (QED) is 0.872. The second-order valence-electron chi connectivity index (χ2n) is 4.05. The lowest BCUT2D eigenvalue weighted by atomic mass is 10.1. The SMILES string of the molecule is Cc1cc(C)c(-n2nc(N)cc2Br)c(C)c1. The molecule has 0 atom stereocenters. The summed E-state index contributed by atoms with van der Waals surface area (Å²) in [6, 6.07) is 6.10. The zero-order chi connectivity index (χ0) is 11.9. The highest BCUT2D eigenvalue weighted by Crippen LogP contribution is 2.25. The van der Waals surface area contributed by atoms with Crippen molar-refractivity contribution in [3.63, 3.8) is 0 Å². The van der Waals surface area contributed by atoms with Crippen LogP contribution in [-0.4, -0.2) is 9.78 Å².